The van der Waals surface area contributed by atoms with Crippen LogP contribution in [0.4, 0.5) is 0 Å². The molecule has 1 fully saturated rings. The van der Waals surface area contributed by atoms with Crippen molar-refractivity contribution in [3.8, 4) is 5.75 Å². The minimum atomic E-state index is 0.401. The van der Waals surface area contributed by atoms with E-state index in [-0.39, 0.29) is 0 Å². The van der Waals surface area contributed by atoms with Gasteiger partial charge in [0.1, 0.15) is 5.75 Å². The molecule has 2 atom stereocenters. The van der Waals surface area contributed by atoms with Gasteiger partial charge in [-0.25, -0.2) is 0 Å². The average molecular weight is 259 g/mol. The number of fused-ring (bicyclic) bond motifs is 1. The smallest absolute Gasteiger partial charge is 0.115 e. The van der Waals surface area contributed by atoms with Gasteiger partial charge < -0.3 is 10.4 Å². The summed E-state index contributed by atoms with van der Waals surface area (Å²) in [6, 6.07) is 7.01. The fourth-order valence-electron chi connectivity index (χ4n) is 3.90. The van der Waals surface area contributed by atoms with Gasteiger partial charge in [0.25, 0.3) is 0 Å². The third-order valence-electron chi connectivity index (χ3n) is 4.85. The molecule has 1 aromatic carbocycles. The number of phenols is 1. The molecule has 0 spiro atoms. The van der Waals surface area contributed by atoms with Gasteiger partial charge in [0, 0.05) is 12.1 Å². The molecule has 2 heteroatoms. The Labute approximate surface area is 116 Å². The minimum absolute atomic E-state index is 0.401. The summed E-state index contributed by atoms with van der Waals surface area (Å²) in [6.07, 6.45) is 7.58. The molecule has 2 aliphatic rings. The Kier molecular flexibility index (Phi) is 3.30. The Morgan fingerprint density at radius 3 is 2.89 bits per heavy atom. The SMILES string of the molecule is CC1(C)CCCC(NC2CCc3cc(O)ccc32)C1. The fraction of sp³-hybridized carbons (Fsp3) is 0.647. The summed E-state index contributed by atoms with van der Waals surface area (Å²) in [5.41, 5.74) is 3.22. The minimum Gasteiger partial charge on any atom is -0.508 e. The van der Waals surface area contributed by atoms with E-state index in [0.717, 1.165) is 6.42 Å². The summed E-state index contributed by atoms with van der Waals surface area (Å²) in [7, 11) is 0. The molecule has 3 rings (SSSR count). The van der Waals surface area contributed by atoms with Crippen LogP contribution in [0.25, 0.3) is 0 Å². The molecule has 2 unspecified atom stereocenters. The van der Waals surface area contributed by atoms with Crippen molar-refractivity contribution >= 4 is 0 Å². The lowest BCUT2D eigenvalue weighted by molar-refractivity contribution is 0.189. The molecule has 2 nitrogen and oxygen atoms in total. The highest BCUT2D eigenvalue weighted by Gasteiger charge is 2.31. The predicted molar refractivity (Wildman–Crippen MR) is 78.3 cm³/mol. The number of benzene rings is 1. The first-order chi connectivity index (χ1) is 9.03. The van der Waals surface area contributed by atoms with Crippen molar-refractivity contribution in [1.82, 2.24) is 5.32 Å². The summed E-state index contributed by atoms with van der Waals surface area (Å²) >= 11 is 0. The highest BCUT2D eigenvalue weighted by Crippen LogP contribution is 2.38. The number of rotatable bonds is 2. The van der Waals surface area contributed by atoms with E-state index >= 15 is 0 Å². The van der Waals surface area contributed by atoms with Gasteiger partial charge in [-0.05, 0) is 60.8 Å². The van der Waals surface area contributed by atoms with E-state index in [2.05, 4.69) is 25.2 Å². The molecule has 0 radical (unpaired) electrons. The third-order valence-corrected chi connectivity index (χ3v) is 4.85. The van der Waals surface area contributed by atoms with E-state index in [4.69, 9.17) is 0 Å². The number of hydrogen-bond acceptors (Lipinski definition) is 2. The molecule has 0 aliphatic heterocycles. The lowest BCUT2D eigenvalue weighted by atomic mass is 9.75. The predicted octanol–water partition coefficient (Wildman–Crippen LogP) is 3.94. The zero-order valence-corrected chi connectivity index (χ0v) is 12.1. The molecule has 0 saturated heterocycles. The van der Waals surface area contributed by atoms with Gasteiger partial charge in [-0.2, -0.15) is 0 Å². The molecular formula is C17H25NO. The van der Waals surface area contributed by atoms with Gasteiger partial charge in [-0.3, -0.25) is 0 Å². The number of phenolic OH excluding ortho intramolecular Hbond substituents is 1. The fourth-order valence-corrected chi connectivity index (χ4v) is 3.90. The molecule has 1 aromatic rings. The average Bonchev–Trinajstić information content (AvgIpc) is 2.70. The highest BCUT2D eigenvalue weighted by molar-refractivity contribution is 5.40. The molecule has 0 aromatic heterocycles. The molecule has 0 amide bonds. The second kappa shape index (κ2) is 4.82. The van der Waals surface area contributed by atoms with Crippen molar-refractivity contribution in [1.29, 1.82) is 0 Å². The second-order valence-corrected chi connectivity index (χ2v) is 7.10. The zero-order valence-electron chi connectivity index (χ0n) is 12.1. The van der Waals surface area contributed by atoms with Crippen molar-refractivity contribution < 1.29 is 5.11 Å². The van der Waals surface area contributed by atoms with Crippen molar-refractivity contribution in [3.63, 3.8) is 0 Å². The van der Waals surface area contributed by atoms with E-state index in [1.165, 1.54) is 43.2 Å². The maximum Gasteiger partial charge on any atom is 0.115 e. The number of hydrogen-bond donors (Lipinski definition) is 2. The first-order valence-electron chi connectivity index (χ1n) is 7.61. The Balaban J connectivity index is 1.69. The summed E-state index contributed by atoms with van der Waals surface area (Å²) in [6.45, 7) is 4.78. The van der Waals surface area contributed by atoms with Crippen LogP contribution in [0.1, 0.15) is 63.1 Å². The van der Waals surface area contributed by atoms with Gasteiger partial charge >= 0.3 is 0 Å². The van der Waals surface area contributed by atoms with Gasteiger partial charge in [-0.1, -0.05) is 26.3 Å². The van der Waals surface area contributed by atoms with Crippen LogP contribution in [0, 0.1) is 5.41 Å². The zero-order chi connectivity index (χ0) is 13.5. The van der Waals surface area contributed by atoms with Crippen LogP contribution in [-0.4, -0.2) is 11.1 Å². The third kappa shape index (κ3) is 2.79. The molecular weight excluding hydrogens is 234 g/mol. The van der Waals surface area contributed by atoms with Crippen LogP contribution in [0.15, 0.2) is 18.2 Å². The molecule has 19 heavy (non-hydrogen) atoms. The van der Waals surface area contributed by atoms with Gasteiger partial charge in [0.2, 0.25) is 0 Å². The topological polar surface area (TPSA) is 32.3 Å². The molecule has 0 bridgehead atoms. The number of aromatic hydroxyl groups is 1. The molecule has 2 aliphatic carbocycles. The Hall–Kier alpha value is -1.02. The van der Waals surface area contributed by atoms with E-state index < -0.39 is 0 Å². The standard InChI is InChI=1S/C17H25NO/c1-17(2)9-3-4-13(11-17)18-16-8-5-12-10-14(19)6-7-15(12)16/h6-7,10,13,16,18-19H,3-5,8-9,11H2,1-2H3. The van der Waals surface area contributed by atoms with E-state index in [1.54, 1.807) is 0 Å². The van der Waals surface area contributed by atoms with Crippen molar-refractivity contribution in [2.24, 2.45) is 5.41 Å². The lowest BCUT2D eigenvalue weighted by Gasteiger charge is -2.37. The molecule has 104 valence electrons. The first-order valence-corrected chi connectivity index (χ1v) is 7.61. The highest BCUT2D eigenvalue weighted by atomic mass is 16.3. The first kappa shape index (κ1) is 13.0. The van der Waals surface area contributed by atoms with Crippen LogP contribution in [-0.2, 0) is 6.42 Å². The lowest BCUT2D eigenvalue weighted by Crippen LogP contribution is -2.38. The van der Waals surface area contributed by atoms with Crippen molar-refractivity contribution in [2.75, 3.05) is 0 Å². The van der Waals surface area contributed by atoms with Crippen molar-refractivity contribution in [2.45, 2.75) is 64.5 Å². The Morgan fingerprint density at radius 1 is 1.26 bits per heavy atom. The monoisotopic (exact) mass is 259 g/mol. The van der Waals surface area contributed by atoms with Gasteiger partial charge in [-0.15, -0.1) is 0 Å². The molecule has 2 N–H and O–H groups in total. The maximum atomic E-state index is 9.55. The largest absolute Gasteiger partial charge is 0.508 e. The second-order valence-electron chi connectivity index (χ2n) is 7.10. The summed E-state index contributed by atoms with van der Waals surface area (Å²) in [4.78, 5) is 0. The van der Waals surface area contributed by atoms with Crippen LogP contribution in [0.3, 0.4) is 0 Å². The van der Waals surface area contributed by atoms with Gasteiger partial charge in [0.05, 0.1) is 0 Å². The Morgan fingerprint density at radius 2 is 2.11 bits per heavy atom. The molecule has 1 saturated carbocycles. The number of nitrogens with one attached hydrogen (secondary N) is 1. The van der Waals surface area contributed by atoms with Gasteiger partial charge in [0.15, 0.2) is 0 Å². The summed E-state index contributed by atoms with van der Waals surface area (Å²) in [5, 5.41) is 13.4. The van der Waals surface area contributed by atoms with Crippen molar-refractivity contribution in [3.05, 3.63) is 29.3 Å². The van der Waals surface area contributed by atoms with Crippen LogP contribution < -0.4 is 5.32 Å². The molecule has 0 heterocycles. The Bertz CT molecular complexity index is 466. The number of aryl methyl sites for hydroxylation is 1. The summed E-state index contributed by atoms with van der Waals surface area (Å²) < 4.78 is 0. The van der Waals surface area contributed by atoms with Crippen LogP contribution in [0.2, 0.25) is 0 Å². The van der Waals surface area contributed by atoms with Crippen LogP contribution >= 0.6 is 0 Å². The van der Waals surface area contributed by atoms with Crippen LogP contribution in [0.5, 0.6) is 5.75 Å². The van der Waals surface area contributed by atoms with E-state index in [1.807, 2.05) is 12.1 Å². The quantitative estimate of drug-likeness (QED) is 0.843. The van der Waals surface area contributed by atoms with E-state index in [0.29, 0.717) is 23.2 Å². The van der Waals surface area contributed by atoms with E-state index in [9.17, 15) is 5.11 Å². The summed E-state index contributed by atoms with van der Waals surface area (Å²) in [5.74, 6) is 0.401. The maximum absolute atomic E-state index is 9.55. The normalized spacial score (nSPS) is 29.2.